The molecule has 0 aliphatic heterocycles. The molecule has 0 radical (unpaired) electrons. The highest BCUT2D eigenvalue weighted by Gasteiger charge is 2.27. The summed E-state index contributed by atoms with van der Waals surface area (Å²) in [6.45, 7) is 1.62. The van der Waals surface area contributed by atoms with Crippen molar-refractivity contribution >= 4 is 38.1 Å². The number of rotatable bonds is 8. The number of nitrogens with zero attached hydrogens (tertiary/aromatic N) is 3. The summed E-state index contributed by atoms with van der Waals surface area (Å²) >= 11 is 1.22. The standard InChI is InChI=1S/C24H22N4O3S2/c1-2-18-13-15-20(16-14-18)28(33(30,31)21-11-7-4-8-12-21)17-22(29)25-24-27-26-23(32-24)19-9-5-3-6-10-19/h3-16H,2,17H2,1H3,(H,25,27,29). The summed E-state index contributed by atoms with van der Waals surface area (Å²) in [5, 5.41) is 11.8. The minimum absolute atomic E-state index is 0.111. The fourth-order valence-corrected chi connectivity index (χ4v) is 5.40. The zero-order valence-electron chi connectivity index (χ0n) is 17.9. The van der Waals surface area contributed by atoms with Crippen molar-refractivity contribution < 1.29 is 13.2 Å². The van der Waals surface area contributed by atoms with Crippen LogP contribution in [0.4, 0.5) is 10.8 Å². The summed E-state index contributed by atoms with van der Waals surface area (Å²) in [6.07, 6.45) is 0.826. The van der Waals surface area contributed by atoms with Gasteiger partial charge in [-0.05, 0) is 36.2 Å². The lowest BCUT2D eigenvalue weighted by atomic mass is 10.1. The lowest BCUT2D eigenvalue weighted by molar-refractivity contribution is -0.114. The number of sulfonamides is 1. The number of aryl methyl sites for hydroxylation is 1. The van der Waals surface area contributed by atoms with E-state index in [4.69, 9.17) is 0 Å². The quantitative estimate of drug-likeness (QED) is 0.400. The summed E-state index contributed by atoms with van der Waals surface area (Å²) in [6, 6.07) is 24.7. The Balaban J connectivity index is 1.58. The van der Waals surface area contributed by atoms with E-state index in [0.717, 1.165) is 21.9 Å². The van der Waals surface area contributed by atoms with E-state index in [-0.39, 0.29) is 4.90 Å². The van der Waals surface area contributed by atoms with Crippen molar-refractivity contribution in [2.24, 2.45) is 0 Å². The number of carbonyl (C=O) groups is 1. The van der Waals surface area contributed by atoms with Gasteiger partial charge < -0.3 is 0 Å². The largest absolute Gasteiger partial charge is 0.299 e. The maximum Gasteiger partial charge on any atom is 0.264 e. The molecule has 7 nitrogen and oxygen atoms in total. The van der Waals surface area contributed by atoms with Gasteiger partial charge in [0.25, 0.3) is 10.0 Å². The van der Waals surface area contributed by atoms with Crippen molar-refractivity contribution in [3.05, 3.63) is 90.5 Å². The molecule has 33 heavy (non-hydrogen) atoms. The first-order chi connectivity index (χ1) is 16.0. The average Bonchev–Trinajstić information content (AvgIpc) is 3.32. The molecule has 9 heteroatoms. The highest BCUT2D eigenvalue weighted by atomic mass is 32.2. The summed E-state index contributed by atoms with van der Waals surface area (Å²) < 4.78 is 27.9. The molecule has 1 amide bonds. The molecule has 0 atom stereocenters. The number of anilines is 2. The molecule has 0 bridgehead atoms. The molecule has 4 aromatic rings. The predicted molar refractivity (Wildman–Crippen MR) is 131 cm³/mol. The van der Waals surface area contributed by atoms with Gasteiger partial charge in [-0.25, -0.2) is 8.42 Å². The van der Waals surface area contributed by atoms with Crippen LogP contribution in [0, 0.1) is 0 Å². The molecule has 0 aliphatic rings. The predicted octanol–water partition coefficient (Wildman–Crippen LogP) is 4.60. The van der Waals surface area contributed by atoms with Crippen LogP contribution < -0.4 is 9.62 Å². The second-order valence-corrected chi connectivity index (χ2v) is 10.0. The number of aromatic nitrogens is 2. The second-order valence-electron chi connectivity index (χ2n) is 7.17. The van der Waals surface area contributed by atoms with Crippen molar-refractivity contribution in [1.29, 1.82) is 0 Å². The van der Waals surface area contributed by atoms with Gasteiger partial charge in [0.05, 0.1) is 10.6 Å². The van der Waals surface area contributed by atoms with Crippen molar-refractivity contribution in [3.63, 3.8) is 0 Å². The van der Waals surface area contributed by atoms with Gasteiger partial charge in [0.15, 0.2) is 0 Å². The van der Waals surface area contributed by atoms with E-state index in [2.05, 4.69) is 15.5 Å². The molecular weight excluding hydrogens is 456 g/mol. The number of nitrogens with one attached hydrogen (secondary N) is 1. The van der Waals surface area contributed by atoms with E-state index in [1.54, 1.807) is 30.3 Å². The molecule has 4 rings (SSSR count). The maximum atomic E-state index is 13.4. The Morgan fingerprint density at radius 2 is 1.55 bits per heavy atom. The van der Waals surface area contributed by atoms with Crippen LogP contribution in [0.1, 0.15) is 12.5 Å². The zero-order valence-corrected chi connectivity index (χ0v) is 19.5. The molecule has 3 aromatic carbocycles. The summed E-state index contributed by atoms with van der Waals surface area (Å²) in [7, 11) is -3.96. The van der Waals surface area contributed by atoms with Gasteiger partial charge in [0.2, 0.25) is 11.0 Å². The summed E-state index contributed by atoms with van der Waals surface area (Å²) in [5.41, 5.74) is 2.37. The third kappa shape index (κ3) is 5.27. The van der Waals surface area contributed by atoms with Gasteiger partial charge in [-0.3, -0.25) is 14.4 Å². The fraction of sp³-hybridized carbons (Fsp3) is 0.125. The van der Waals surface area contributed by atoms with Crippen LogP contribution in [0.2, 0.25) is 0 Å². The van der Waals surface area contributed by atoms with Crippen LogP contribution in [-0.4, -0.2) is 31.1 Å². The lowest BCUT2D eigenvalue weighted by Gasteiger charge is -2.24. The maximum absolute atomic E-state index is 13.4. The Morgan fingerprint density at radius 3 is 2.18 bits per heavy atom. The molecule has 1 heterocycles. The molecule has 0 spiro atoms. The van der Waals surface area contributed by atoms with E-state index in [0.29, 0.717) is 15.8 Å². The first-order valence-electron chi connectivity index (χ1n) is 10.3. The summed E-state index contributed by atoms with van der Waals surface area (Å²) in [4.78, 5) is 13.0. The Morgan fingerprint density at radius 1 is 0.909 bits per heavy atom. The Labute approximate surface area is 196 Å². The highest BCUT2D eigenvalue weighted by molar-refractivity contribution is 7.92. The van der Waals surface area contributed by atoms with Gasteiger partial charge in [-0.1, -0.05) is 78.9 Å². The normalized spacial score (nSPS) is 11.2. The van der Waals surface area contributed by atoms with Gasteiger partial charge in [0.1, 0.15) is 11.6 Å². The van der Waals surface area contributed by atoms with Gasteiger partial charge in [-0.15, -0.1) is 10.2 Å². The monoisotopic (exact) mass is 478 g/mol. The molecular formula is C24H22N4O3S2. The van der Waals surface area contributed by atoms with E-state index >= 15 is 0 Å². The Hall–Kier alpha value is -3.56. The van der Waals surface area contributed by atoms with Crippen molar-refractivity contribution in [2.75, 3.05) is 16.2 Å². The van der Waals surface area contributed by atoms with Crippen LogP contribution >= 0.6 is 11.3 Å². The van der Waals surface area contributed by atoms with E-state index < -0.39 is 22.5 Å². The van der Waals surface area contributed by atoms with Gasteiger partial charge in [-0.2, -0.15) is 0 Å². The average molecular weight is 479 g/mol. The Bertz CT molecular complexity index is 1320. The van der Waals surface area contributed by atoms with Crippen molar-refractivity contribution in [2.45, 2.75) is 18.2 Å². The van der Waals surface area contributed by atoms with Crippen LogP contribution in [0.5, 0.6) is 0 Å². The molecule has 0 saturated carbocycles. The molecule has 0 unspecified atom stereocenters. The van der Waals surface area contributed by atoms with Crippen LogP contribution in [0.3, 0.4) is 0 Å². The van der Waals surface area contributed by atoms with Crippen LogP contribution in [0.15, 0.2) is 89.8 Å². The molecule has 0 aliphatic carbocycles. The number of benzene rings is 3. The van der Waals surface area contributed by atoms with E-state index in [1.165, 1.54) is 23.5 Å². The molecule has 168 valence electrons. The highest BCUT2D eigenvalue weighted by Crippen LogP contribution is 2.27. The van der Waals surface area contributed by atoms with Crippen LogP contribution in [0.25, 0.3) is 10.6 Å². The Kier molecular flexibility index (Phi) is 6.81. The number of hydrogen-bond acceptors (Lipinski definition) is 6. The third-order valence-electron chi connectivity index (χ3n) is 4.94. The van der Waals surface area contributed by atoms with E-state index in [1.807, 2.05) is 49.4 Å². The third-order valence-corrected chi connectivity index (χ3v) is 7.62. The first kappa shape index (κ1) is 22.6. The molecule has 1 aromatic heterocycles. The zero-order chi connectivity index (χ0) is 23.3. The van der Waals surface area contributed by atoms with Crippen molar-refractivity contribution in [3.8, 4) is 10.6 Å². The van der Waals surface area contributed by atoms with E-state index in [9.17, 15) is 13.2 Å². The minimum atomic E-state index is -3.96. The summed E-state index contributed by atoms with van der Waals surface area (Å²) in [5.74, 6) is -0.509. The second kappa shape index (κ2) is 9.93. The number of amides is 1. The molecule has 1 N–H and O–H groups in total. The van der Waals surface area contributed by atoms with Gasteiger partial charge in [0, 0.05) is 5.56 Å². The smallest absolute Gasteiger partial charge is 0.264 e. The lowest BCUT2D eigenvalue weighted by Crippen LogP contribution is -2.38. The first-order valence-corrected chi connectivity index (χ1v) is 12.6. The minimum Gasteiger partial charge on any atom is -0.299 e. The van der Waals surface area contributed by atoms with Crippen molar-refractivity contribution in [1.82, 2.24) is 10.2 Å². The molecule has 0 saturated heterocycles. The fourth-order valence-electron chi connectivity index (χ4n) is 3.19. The molecule has 0 fully saturated rings. The van der Waals surface area contributed by atoms with Crippen LogP contribution in [-0.2, 0) is 21.2 Å². The number of carbonyl (C=O) groups excluding carboxylic acids is 1. The van der Waals surface area contributed by atoms with Gasteiger partial charge >= 0.3 is 0 Å². The topological polar surface area (TPSA) is 92.3 Å². The SMILES string of the molecule is CCc1ccc(N(CC(=O)Nc2nnc(-c3ccccc3)s2)S(=O)(=O)c2ccccc2)cc1. The number of hydrogen-bond donors (Lipinski definition) is 1.